The van der Waals surface area contributed by atoms with Crippen molar-refractivity contribution in [3.63, 3.8) is 0 Å². The van der Waals surface area contributed by atoms with E-state index in [1.807, 2.05) is 59.3 Å². The molecular formula is C50H44IrN2Te+. The molecule has 8 aromatic rings. The summed E-state index contributed by atoms with van der Waals surface area (Å²) in [6, 6.07) is 56.9. The van der Waals surface area contributed by atoms with E-state index < -0.39 is 20.4 Å². The maximum Gasteiger partial charge on any atom is 3.00 e. The fourth-order valence-corrected chi connectivity index (χ4v) is 9.90. The Morgan fingerprint density at radius 3 is 1.83 bits per heavy atom. The normalized spacial score (nSPS) is 10.9. The van der Waals surface area contributed by atoms with E-state index in [9.17, 15) is 0 Å². The van der Waals surface area contributed by atoms with Crippen molar-refractivity contribution in [3.05, 3.63) is 195 Å². The Labute approximate surface area is 344 Å². The molecule has 0 saturated carbocycles. The molecule has 0 aliphatic carbocycles. The molecule has 0 aliphatic heterocycles. The summed E-state index contributed by atoms with van der Waals surface area (Å²) in [5.41, 5.74) is 16.2. The standard InChI is InChI=1S/C37H32NTe.C13H12N.Ir/c1-24(2)32-22-30(28-20-18-27(19-21-28)26-12-7-5-8-13-26)23-33(25(3)4)35(32)31-16-11-17-34-36(31)39-37(38-34)29-14-9-6-10-15-29;1-11-7-3-4-8-12(11)13-9-5-6-10-14(13)2;/h5-14,16-25H,1-4H3;3-10H,1-2H2;/q2*-1;+3. The quantitative estimate of drug-likeness (QED) is 0.0883. The van der Waals surface area contributed by atoms with Crippen molar-refractivity contribution in [2.75, 3.05) is 0 Å². The molecule has 0 radical (unpaired) electrons. The third-order valence-corrected chi connectivity index (χ3v) is 12.9. The monoisotopic (exact) mass is 995 g/mol. The topological polar surface area (TPSA) is 16.8 Å². The van der Waals surface area contributed by atoms with Crippen molar-refractivity contribution in [2.45, 2.75) is 39.5 Å². The fraction of sp³-hybridized carbons (Fsp3) is 0.120. The van der Waals surface area contributed by atoms with Gasteiger partial charge in [0.25, 0.3) is 0 Å². The number of fused-ring (bicyclic) bond motifs is 1. The van der Waals surface area contributed by atoms with E-state index in [1.165, 1.54) is 51.6 Å². The summed E-state index contributed by atoms with van der Waals surface area (Å²) >= 11 is -0.619. The third kappa shape index (κ3) is 8.49. The Kier molecular flexibility index (Phi) is 12.7. The minimum Gasteiger partial charge on any atom is -0.343 e. The largest absolute Gasteiger partial charge is 3.00 e. The number of pyridine rings is 1. The van der Waals surface area contributed by atoms with Crippen molar-refractivity contribution in [2.24, 2.45) is 0 Å². The summed E-state index contributed by atoms with van der Waals surface area (Å²) in [6.07, 6.45) is 1.93. The van der Waals surface area contributed by atoms with Crippen LogP contribution >= 0.6 is 0 Å². The number of hydrogen-bond acceptors (Lipinski definition) is 1. The maximum atomic E-state index is 5.10. The van der Waals surface area contributed by atoms with Crippen molar-refractivity contribution >= 4 is 29.3 Å². The van der Waals surface area contributed by atoms with Gasteiger partial charge in [0.15, 0.2) is 0 Å². The molecule has 2 aromatic heterocycles. The van der Waals surface area contributed by atoms with Gasteiger partial charge in [-0.15, -0.1) is 17.7 Å². The van der Waals surface area contributed by atoms with Gasteiger partial charge in [-0.25, -0.2) is 0 Å². The molecule has 2 nitrogen and oxygen atoms in total. The zero-order chi connectivity index (χ0) is 36.9. The van der Waals surface area contributed by atoms with Gasteiger partial charge < -0.3 is 4.57 Å². The van der Waals surface area contributed by atoms with Crippen LogP contribution in [-0.4, -0.2) is 25.4 Å². The first-order valence-corrected chi connectivity index (χ1v) is 20.5. The van der Waals surface area contributed by atoms with Gasteiger partial charge in [-0.05, 0) is 0 Å². The molecule has 4 heteroatoms. The van der Waals surface area contributed by atoms with E-state index in [0.29, 0.717) is 11.8 Å². The van der Waals surface area contributed by atoms with Gasteiger partial charge in [-0.2, -0.15) is 18.6 Å². The van der Waals surface area contributed by atoms with Gasteiger partial charge in [0, 0.05) is 7.05 Å². The first kappa shape index (κ1) is 39.0. The van der Waals surface area contributed by atoms with Gasteiger partial charge in [0.1, 0.15) is 0 Å². The summed E-state index contributed by atoms with van der Waals surface area (Å²) in [6.45, 7) is 13.3. The zero-order valence-electron chi connectivity index (χ0n) is 31.2. The van der Waals surface area contributed by atoms with Gasteiger partial charge in [-0.1, -0.05) is 42.5 Å². The molecule has 268 valence electrons. The molecule has 6 aromatic carbocycles. The van der Waals surface area contributed by atoms with Gasteiger partial charge in [0.05, 0.1) is 11.9 Å². The van der Waals surface area contributed by atoms with Crippen molar-refractivity contribution in [3.8, 4) is 53.9 Å². The van der Waals surface area contributed by atoms with Crippen LogP contribution in [0, 0.1) is 20.0 Å². The second-order valence-corrected chi connectivity index (χ2v) is 16.8. The van der Waals surface area contributed by atoms with Crippen LogP contribution in [0.1, 0.15) is 56.2 Å². The minimum atomic E-state index is -0.619. The van der Waals surface area contributed by atoms with Crippen molar-refractivity contribution in [1.29, 1.82) is 0 Å². The van der Waals surface area contributed by atoms with E-state index >= 15 is 0 Å². The molecule has 8 rings (SSSR count). The predicted molar refractivity (Wildman–Crippen MR) is 225 cm³/mol. The number of aromatic nitrogens is 2. The smallest absolute Gasteiger partial charge is 0.343 e. The average Bonchev–Trinajstić information content (AvgIpc) is 3.64. The maximum absolute atomic E-state index is 5.10. The predicted octanol–water partition coefficient (Wildman–Crippen LogP) is 12.5. The fourth-order valence-electron chi connectivity index (χ4n) is 6.84. The molecule has 2 heterocycles. The second-order valence-electron chi connectivity index (χ2n) is 13.9. The molecule has 0 N–H and O–H groups in total. The Balaban J connectivity index is 0.000000279. The van der Waals surface area contributed by atoms with E-state index in [2.05, 4.69) is 151 Å². The molecular weight excluding hydrogens is 948 g/mol. The van der Waals surface area contributed by atoms with Crippen LogP contribution in [-0.2, 0) is 20.1 Å². The Morgan fingerprint density at radius 1 is 0.611 bits per heavy atom. The third-order valence-electron chi connectivity index (χ3n) is 9.63. The first-order valence-electron chi connectivity index (χ1n) is 18.2. The van der Waals surface area contributed by atoms with Crippen LogP contribution in [0.4, 0.5) is 0 Å². The number of nitrogens with zero attached hydrogens (tertiary/aromatic N) is 2. The van der Waals surface area contributed by atoms with Crippen molar-refractivity contribution < 1.29 is 24.7 Å². The molecule has 0 atom stereocenters. The molecule has 0 saturated heterocycles. The van der Waals surface area contributed by atoms with E-state index in [1.54, 1.807) is 0 Å². The second kappa shape index (κ2) is 17.6. The van der Waals surface area contributed by atoms with Crippen LogP contribution in [0.15, 0.2) is 158 Å². The summed E-state index contributed by atoms with van der Waals surface area (Å²) < 4.78 is 4.54. The molecule has 0 amide bonds. The Bertz CT molecular complexity index is 2390. The van der Waals surface area contributed by atoms with Gasteiger partial charge in [-0.3, -0.25) is 0 Å². The molecule has 0 aliphatic rings. The van der Waals surface area contributed by atoms with Crippen LogP contribution in [0.3, 0.4) is 0 Å². The van der Waals surface area contributed by atoms with Crippen molar-refractivity contribution in [1.82, 2.24) is 4.98 Å². The molecule has 0 fully saturated rings. The van der Waals surface area contributed by atoms with Gasteiger partial charge in [0.2, 0.25) is 0 Å². The minimum absolute atomic E-state index is 0. The number of hydrogen-bond donors (Lipinski definition) is 0. The van der Waals surface area contributed by atoms with Crippen LogP contribution in [0.25, 0.3) is 62.8 Å². The summed E-state index contributed by atoms with van der Waals surface area (Å²) in [7, 11) is 3.93. The number of benzene rings is 6. The van der Waals surface area contributed by atoms with Crippen LogP contribution in [0.5, 0.6) is 0 Å². The zero-order valence-corrected chi connectivity index (χ0v) is 35.9. The summed E-state index contributed by atoms with van der Waals surface area (Å²) in [4.78, 5) is 5.10. The van der Waals surface area contributed by atoms with E-state index in [0.717, 1.165) is 27.9 Å². The molecule has 0 spiro atoms. The summed E-state index contributed by atoms with van der Waals surface area (Å²) in [5, 5.41) is 0. The first-order chi connectivity index (χ1) is 25.8. The van der Waals surface area contributed by atoms with E-state index in [-0.39, 0.29) is 20.1 Å². The van der Waals surface area contributed by atoms with Gasteiger partial charge >= 0.3 is 245 Å². The Hall–Kier alpha value is -4.68. The Morgan fingerprint density at radius 2 is 1.20 bits per heavy atom. The van der Waals surface area contributed by atoms with Crippen LogP contribution in [0.2, 0.25) is 0 Å². The van der Waals surface area contributed by atoms with E-state index in [4.69, 9.17) is 4.98 Å². The average molecular weight is 993 g/mol. The number of rotatable bonds is 7. The molecule has 54 heavy (non-hydrogen) atoms. The SMILES string of the molecule is CC(C)c1cc(-c2ccc(-c3ccccc3)cc2)cc(C(C)C)c1-c1cccc2nc(-c3[c-]cccc3)[te]c12.[CH2-]c1ccccc1-c1cccc[n+]1[CH2-].[Ir+3]. The summed E-state index contributed by atoms with van der Waals surface area (Å²) in [5.74, 6) is 0.809. The van der Waals surface area contributed by atoms with Crippen LogP contribution < -0.4 is 4.57 Å². The molecule has 0 unspecified atom stereocenters. The molecule has 0 bridgehead atoms.